The zero-order valence-electron chi connectivity index (χ0n) is 19.4. The zero-order chi connectivity index (χ0) is 21.5. The zero-order valence-corrected chi connectivity index (χ0v) is 21.7. The number of likely N-dealkylation sites (tertiary alicyclic amines) is 2. The quantitative estimate of drug-likeness (QED) is 0.291. The van der Waals surface area contributed by atoms with Crippen molar-refractivity contribution in [3.8, 4) is 0 Å². The lowest BCUT2D eigenvalue weighted by Crippen LogP contribution is -2.46. The molecule has 7 nitrogen and oxygen atoms in total. The Labute approximate surface area is 204 Å². The number of nitrogens with zero attached hydrogens (tertiary/aromatic N) is 3. The summed E-state index contributed by atoms with van der Waals surface area (Å²) >= 11 is 0. The molecule has 0 aliphatic carbocycles. The second-order valence-corrected chi connectivity index (χ2v) is 8.80. The van der Waals surface area contributed by atoms with E-state index in [9.17, 15) is 4.79 Å². The number of halogens is 1. The molecule has 0 bridgehead atoms. The van der Waals surface area contributed by atoms with Crippen LogP contribution in [0.1, 0.15) is 46.1 Å². The fourth-order valence-corrected chi connectivity index (χ4v) is 4.15. The molecule has 1 aromatic carbocycles. The van der Waals surface area contributed by atoms with E-state index in [-0.39, 0.29) is 30.0 Å². The Morgan fingerprint density at radius 1 is 1.23 bits per heavy atom. The monoisotopic (exact) mass is 542 g/mol. The van der Waals surface area contributed by atoms with Gasteiger partial charge in [-0.15, -0.1) is 24.0 Å². The van der Waals surface area contributed by atoms with Crippen LogP contribution in [0.2, 0.25) is 0 Å². The number of amides is 2. The van der Waals surface area contributed by atoms with Crippen molar-refractivity contribution in [1.29, 1.82) is 0 Å². The van der Waals surface area contributed by atoms with Crippen molar-refractivity contribution in [2.45, 2.75) is 59.2 Å². The van der Waals surface area contributed by atoms with Gasteiger partial charge in [-0.1, -0.05) is 19.1 Å². The molecule has 0 aromatic heterocycles. The molecular weight excluding hydrogens is 503 g/mol. The minimum absolute atomic E-state index is 0. The molecule has 2 saturated heterocycles. The van der Waals surface area contributed by atoms with E-state index in [4.69, 9.17) is 4.99 Å². The number of hydrogen-bond donors (Lipinski definition) is 3. The number of rotatable bonds is 6. The third-order valence-corrected chi connectivity index (χ3v) is 6.03. The second-order valence-electron chi connectivity index (χ2n) is 8.80. The van der Waals surface area contributed by atoms with Gasteiger partial charge in [0.05, 0.1) is 6.54 Å². The molecule has 8 heteroatoms. The Hall–Kier alpha value is -1.55. The molecular formula is C23H39IN6O. The summed E-state index contributed by atoms with van der Waals surface area (Å²) in [6, 6.07) is 8.94. The Bertz CT molecular complexity index is 735. The molecule has 0 spiro atoms. The van der Waals surface area contributed by atoms with Gasteiger partial charge in [0.1, 0.15) is 0 Å². The van der Waals surface area contributed by atoms with E-state index in [2.05, 4.69) is 54.6 Å². The molecule has 3 N–H and O–H groups in total. The molecule has 2 amide bonds. The van der Waals surface area contributed by atoms with Crippen molar-refractivity contribution in [3.63, 3.8) is 0 Å². The van der Waals surface area contributed by atoms with Gasteiger partial charge < -0.3 is 20.9 Å². The molecule has 174 valence electrons. The summed E-state index contributed by atoms with van der Waals surface area (Å²) in [5.41, 5.74) is 1.91. The van der Waals surface area contributed by atoms with Crippen LogP contribution in [0.4, 0.5) is 10.5 Å². The highest BCUT2D eigenvalue weighted by atomic mass is 127. The summed E-state index contributed by atoms with van der Waals surface area (Å²) in [5.74, 6) is 1.44. The first kappa shape index (κ1) is 25.7. The predicted molar refractivity (Wildman–Crippen MR) is 139 cm³/mol. The molecule has 2 aliphatic rings. The molecule has 2 unspecified atom stereocenters. The molecule has 3 rings (SSSR count). The van der Waals surface area contributed by atoms with E-state index in [1.807, 2.05) is 23.1 Å². The maximum Gasteiger partial charge on any atom is 0.321 e. The standard InChI is InChI=1S/C23H38N6O.HI/c1-5-24-22(27-21-16-29(17(2)3)15-18(21)4)25-14-19-9-8-10-20(13-19)26-23(30)28-11-6-7-12-28;/h8-10,13,17-18,21H,5-7,11-12,14-16H2,1-4H3,(H,26,30)(H2,24,25,27);1H. The maximum atomic E-state index is 12.3. The largest absolute Gasteiger partial charge is 0.357 e. The second kappa shape index (κ2) is 12.5. The van der Waals surface area contributed by atoms with Crippen LogP contribution < -0.4 is 16.0 Å². The van der Waals surface area contributed by atoms with Crippen molar-refractivity contribution in [2.75, 3.05) is 38.0 Å². The van der Waals surface area contributed by atoms with Gasteiger partial charge >= 0.3 is 6.03 Å². The topological polar surface area (TPSA) is 72.0 Å². The predicted octanol–water partition coefficient (Wildman–Crippen LogP) is 3.72. The van der Waals surface area contributed by atoms with E-state index in [0.717, 1.165) is 62.8 Å². The van der Waals surface area contributed by atoms with E-state index in [1.165, 1.54) is 0 Å². The Balaban J connectivity index is 0.00000341. The molecule has 2 fully saturated rings. The van der Waals surface area contributed by atoms with Gasteiger partial charge in [-0.3, -0.25) is 4.90 Å². The highest BCUT2D eigenvalue weighted by molar-refractivity contribution is 14.0. The molecule has 1 aromatic rings. The number of nitrogens with one attached hydrogen (secondary N) is 3. The normalized spacial score (nSPS) is 21.8. The van der Waals surface area contributed by atoms with Gasteiger partial charge in [-0.05, 0) is 57.2 Å². The maximum absolute atomic E-state index is 12.3. The summed E-state index contributed by atoms with van der Waals surface area (Å²) in [6.07, 6.45) is 2.19. The number of urea groups is 1. The Morgan fingerprint density at radius 3 is 2.61 bits per heavy atom. The molecule has 2 aliphatic heterocycles. The first-order chi connectivity index (χ1) is 14.5. The van der Waals surface area contributed by atoms with Crippen molar-refractivity contribution in [3.05, 3.63) is 29.8 Å². The lowest BCUT2D eigenvalue weighted by molar-refractivity contribution is 0.222. The van der Waals surface area contributed by atoms with Crippen molar-refractivity contribution in [1.82, 2.24) is 20.4 Å². The summed E-state index contributed by atoms with van der Waals surface area (Å²) in [4.78, 5) is 21.5. The minimum Gasteiger partial charge on any atom is -0.357 e. The van der Waals surface area contributed by atoms with Crippen LogP contribution in [0.25, 0.3) is 0 Å². The lowest BCUT2D eigenvalue weighted by Gasteiger charge is -2.22. The number of guanidine groups is 1. The number of aliphatic imine (C=N–C) groups is 1. The Kier molecular flexibility index (Phi) is 10.3. The van der Waals surface area contributed by atoms with Gasteiger partial charge in [-0.2, -0.15) is 0 Å². The fraction of sp³-hybridized carbons (Fsp3) is 0.652. The summed E-state index contributed by atoms with van der Waals surface area (Å²) in [6.45, 7) is 14.1. The smallest absolute Gasteiger partial charge is 0.321 e. The lowest BCUT2D eigenvalue weighted by atomic mass is 10.1. The van der Waals surface area contributed by atoms with Gasteiger partial charge in [0.15, 0.2) is 5.96 Å². The van der Waals surface area contributed by atoms with Crippen LogP contribution in [0.15, 0.2) is 29.3 Å². The SMILES string of the molecule is CCNC(=NCc1cccc(NC(=O)N2CCCC2)c1)NC1CN(C(C)C)CC1C.I. The average molecular weight is 543 g/mol. The molecule has 31 heavy (non-hydrogen) atoms. The van der Waals surface area contributed by atoms with E-state index in [1.54, 1.807) is 0 Å². The van der Waals surface area contributed by atoms with Gasteiger partial charge in [0, 0.05) is 50.5 Å². The number of benzene rings is 1. The number of anilines is 1. The summed E-state index contributed by atoms with van der Waals surface area (Å²) in [7, 11) is 0. The van der Waals surface area contributed by atoms with E-state index >= 15 is 0 Å². The Morgan fingerprint density at radius 2 is 1.97 bits per heavy atom. The number of hydrogen-bond acceptors (Lipinski definition) is 3. The minimum atomic E-state index is -0.00640. The first-order valence-corrected chi connectivity index (χ1v) is 11.4. The molecule has 0 saturated carbocycles. The van der Waals surface area contributed by atoms with Crippen LogP contribution in [0.3, 0.4) is 0 Å². The van der Waals surface area contributed by atoms with Crippen LogP contribution in [0, 0.1) is 5.92 Å². The number of carbonyl (C=O) groups excluding carboxylic acids is 1. The first-order valence-electron chi connectivity index (χ1n) is 11.4. The molecule has 2 heterocycles. The van der Waals surface area contributed by atoms with E-state index < -0.39 is 0 Å². The molecule has 0 radical (unpaired) electrons. The van der Waals surface area contributed by atoms with Gasteiger partial charge in [0.2, 0.25) is 0 Å². The van der Waals surface area contributed by atoms with Crippen molar-refractivity contribution < 1.29 is 4.79 Å². The highest BCUT2D eigenvalue weighted by Gasteiger charge is 2.31. The summed E-state index contributed by atoms with van der Waals surface area (Å²) in [5, 5.41) is 10.0. The van der Waals surface area contributed by atoms with Crippen LogP contribution in [-0.2, 0) is 6.54 Å². The highest BCUT2D eigenvalue weighted by Crippen LogP contribution is 2.19. The molecule has 2 atom stereocenters. The summed E-state index contributed by atoms with van der Waals surface area (Å²) < 4.78 is 0. The van der Waals surface area contributed by atoms with Crippen molar-refractivity contribution in [2.24, 2.45) is 10.9 Å². The van der Waals surface area contributed by atoms with E-state index in [0.29, 0.717) is 24.5 Å². The average Bonchev–Trinajstić information content (AvgIpc) is 3.37. The van der Waals surface area contributed by atoms with Crippen LogP contribution in [0.5, 0.6) is 0 Å². The third kappa shape index (κ3) is 7.52. The van der Waals surface area contributed by atoms with Gasteiger partial charge in [0.25, 0.3) is 0 Å². The van der Waals surface area contributed by atoms with Crippen LogP contribution in [-0.4, -0.2) is 66.6 Å². The third-order valence-electron chi connectivity index (χ3n) is 6.03. The van der Waals surface area contributed by atoms with Crippen LogP contribution >= 0.6 is 24.0 Å². The number of carbonyl (C=O) groups is 1. The van der Waals surface area contributed by atoms with Gasteiger partial charge in [-0.25, -0.2) is 9.79 Å². The fourth-order valence-electron chi connectivity index (χ4n) is 4.15. The van der Waals surface area contributed by atoms with Crippen molar-refractivity contribution >= 4 is 41.7 Å².